The van der Waals surface area contributed by atoms with Crippen molar-refractivity contribution in [1.29, 1.82) is 0 Å². The van der Waals surface area contributed by atoms with E-state index >= 15 is 0 Å². The lowest BCUT2D eigenvalue weighted by atomic mass is 10.0. The molecule has 0 spiro atoms. The Balaban J connectivity index is 1.80. The first-order chi connectivity index (χ1) is 11.5. The van der Waals surface area contributed by atoms with Gasteiger partial charge >= 0.3 is 5.97 Å². The standard InChI is InChI=1S/C19H21NO4/c1-13-6-7-16(11-14(13)2)15(3)20-18(21)12-24-19(22)9-8-17-5-4-10-23-17/h4-11,15H,12H2,1-3H3,(H,20,21)/b9-8+/t15-/m1/s1. The number of aryl methyl sites for hydroxylation is 2. The SMILES string of the molecule is Cc1ccc([C@@H](C)NC(=O)COC(=O)/C=C/c2ccco2)cc1C. The molecule has 5 nitrogen and oxygen atoms in total. The van der Waals surface area contributed by atoms with Crippen LogP contribution in [0.1, 0.15) is 35.4 Å². The third-order valence-electron chi connectivity index (χ3n) is 3.68. The molecule has 2 rings (SSSR count). The molecule has 0 aliphatic heterocycles. The molecule has 24 heavy (non-hydrogen) atoms. The van der Waals surface area contributed by atoms with Crippen molar-refractivity contribution in [2.75, 3.05) is 6.61 Å². The minimum absolute atomic E-state index is 0.158. The summed E-state index contributed by atoms with van der Waals surface area (Å²) in [5.74, 6) is -0.402. The third kappa shape index (κ3) is 5.12. The van der Waals surface area contributed by atoms with Gasteiger partial charge in [-0.1, -0.05) is 18.2 Å². The Bertz CT molecular complexity index is 732. The minimum Gasteiger partial charge on any atom is -0.465 e. The lowest BCUT2D eigenvalue weighted by molar-refractivity contribution is -0.144. The zero-order valence-electron chi connectivity index (χ0n) is 14.0. The monoisotopic (exact) mass is 327 g/mol. The predicted molar refractivity (Wildman–Crippen MR) is 91.2 cm³/mol. The largest absolute Gasteiger partial charge is 0.465 e. The van der Waals surface area contributed by atoms with Gasteiger partial charge in [0.25, 0.3) is 5.91 Å². The Hall–Kier alpha value is -2.82. The molecule has 1 aromatic carbocycles. The molecule has 1 heterocycles. The maximum absolute atomic E-state index is 11.9. The summed E-state index contributed by atoms with van der Waals surface area (Å²) in [6, 6.07) is 9.31. The molecule has 5 heteroatoms. The number of hydrogen-bond donors (Lipinski definition) is 1. The van der Waals surface area contributed by atoms with Crippen molar-refractivity contribution in [2.45, 2.75) is 26.8 Å². The first-order valence-corrected chi connectivity index (χ1v) is 7.70. The normalized spacial score (nSPS) is 12.1. The summed E-state index contributed by atoms with van der Waals surface area (Å²) in [6.45, 7) is 5.63. The van der Waals surface area contributed by atoms with E-state index in [-0.39, 0.29) is 18.6 Å². The molecule has 1 N–H and O–H groups in total. The van der Waals surface area contributed by atoms with E-state index in [4.69, 9.17) is 9.15 Å². The van der Waals surface area contributed by atoms with E-state index in [0.717, 1.165) is 5.56 Å². The van der Waals surface area contributed by atoms with E-state index in [9.17, 15) is 9.59 Å². The Labute approximate surface area is 141 Å². The van der Waals surface area contributed by atoms with Gasteiger partial charge in [-0.15, -0.1) is 0 Å². The van der Waals surface area contributed by atoms with Gasteiger partial charge in [0.2, 0.25) is 0 Å². The molecular formula is C19H21NO4. The molecule has 0 saturated carbocycles. The van der Waals surface area contributed by atoms with Gasteiger partial charge < -0.3 is 14.5 Å². The van der Waals surface area contributed by atoms with Gasteiger partial charge in [0.1, 0.15) is 5.76 Å². The summed E-state index contributed by atoms with van der Waals surface area (Å²) in [5.41, 5.74) is 3.38. The first kappa shape index (κ1) is 17.5. The molecule has 126 valence electrons. The van der Waals surface area contributed by atoms with Crippen LogP contribution in [0.15, 0.2) is 47.1 Å². The Kier molecular flexibility index (Phi) is 5.95. The second kappa shape index (κ2) is 8.15. The number of amides is 1. The number of ether oxygens (including phenoxy) is 1. The predicted octanol–water partition coefficient (Wildman–Crippen LogP) is 3.33. The van der Waals surface area contributed by atoms with Crippen LogP contribution in [-0.4, -0.2) is 18.5 Å². The molecule has 0 unspecified atom stereocenters. The van der Waals surface area contributed by atoms with Crippen LogP contribution >= 0.6 is 0 Å². The molecule has 0 aliphatic carbocycles. The van der Waals surface area contributed by atoms with E-state index in [1.165, 1.54) is 29.5 Å². The Morgan fingerprint density at radius 3 is 2.71 bits per heavy atom. The van der Waals surface area contributed by atoms with Crippen LogP contribution in [0.2, 0.25) is 0 Å². The highest BCUT2D eigenvalue weighted by atomic mass is 16.5. The number of hydrogen-bond acceptors (Lipinski definition) is 4. The molecular weight excluding hydrogens is 306 g/mol. The van der Waals surface area contributed by atoms with Crippen LogP contribution in [0.5, 0.6) is 0 Å². The zero-order chi connectivity index (χ0) is 17.5. The minimum atomic E-state index is -0.597. The van der Waals surface area contributed by atoms with Gasteiger partial charge in [-0.25, -0.2) is 4.79 Å². The van der Waals surface area contributed by atoms with Crippen LogP contribution in [0.4, 0.5) is 0 Å². The van der Waals surface area contributed by atoms with E-state index in [0.29, 0.717) is 5.76 Å². The topological polar surface area (TPSA) is 68.5 Å². The van der Waals surface area contributed by atoms with Crippen molar-refractivity contribution in [3.05, 3.63) is 65.1 Å². The molecule has 1 amide bonds. The van der Waals surface area contributed by atoms with Gasteiger partial charge in [0.05, 0.1) is 12.3 Å². The Morgan fingerprint density at radius 1 is 1.25 bits per heavy atom. The second-order valence-electron chi connectivity index (χ2n) is 5.59. The average Bonchev–Trinajstić information content (AvgIpc) is 3.07. The number of carbonyl (C=O) groups is 2. The maximum Gasteiger partial charge on any atom is 0.331 e. The zero-order valence-corrected chi connectivity index (χ0v) is 14.0. The highest BCUT2D eigenvalue weighted by Gasteiger charge is 2.11. The molecule has 0 aliphatic rings. The molecule has 0 radical (unpaired) electrons. The molecule has 2 aromatic rings. The highest BCUT2D eigenvalue weighted by Crippen LogP contribution is 2.16. The van der Waals surface area contributed by atoms with Crippen LogP contribution in [0.3, 0.4) is 0 Å². The van der Waals surface area contributed by atoms with Crippen molar-refractivity contribution in [2.24, 2.45) is 0 Å². The van der Waals surface area contributed by atoms with Crippen molar-refractivity contribution < 1.29 is 18.7 Å². The maximum atomic E-state index is 11.9. The summed E-state index contributed by atoms with van der Waals surface area (Å²) < 4.78 is 9.96. The van der Waals surface area contributed by atoms with Crippen LogP contribution in [0.25, 0.3) is 6.08 Å². The smallest absolute Gasteiger partial charge is 0.331 e. The molecule has 0 fully saturated rings. The third-order valence-corrected chi connectivity index (χ3v) is 3.68. The van der Waals surface area contributed by atoms with E-state index < -0.39 is 5.97 Å². The summed E-state index contributed by atoms with van der Waals surface area (Å²) in [4.78, 5) is 23.4. The Morgan fingerprint density at radius 2 is 2.04 bits per heavy atom. The number of esters is 1. The number of benzene rings is 1. The summed E-state index contributed by atoms with van der Waals surface area (Å²) >= 11 is 0. The summed E-state index contributed by atoms with van der Waals surface area (Å²) in [6.07, 6.45) is 4.21. The van der Waals surface area contributed by atoms with Gasteiger partial charge in [-0.05, 0) is 55.7 Å². The number of carbonyl (C=O) groups excluding carboxylic acids is 2. The summed E-state index contributed by atoms with van der Waals surface area (Å²) in [5, 5.41) is 2.81. The van der Waals surface area contributed by atoms with Gasteiger partial charge in [0, 0.05) is 6.08 Å². The average molecular weight is 327 g/mol. The molecule has 1 aromatic heterocycles. The van der Waals surface area contributed by atoms with Crippen molar-refractivity contribution in [1.82, 2.24) is 5.32 Å². The number of nitrogens with one attached hydrogen (secondary N) is 1. The van der Waals surface area contributed by atoms with Crippen molar-refractivity contribution in [3.8, 4) is 0 Å². The van der Waals surface area contributed by atoms with E-state index in [2.05, 4.69) is 5.32 Å². The van der Waals surface area contributed by atoms with Crippen LogP contribution in [-0.2, 0) is 14.3 Å². The lowest BCUT2D eigenvalue weighted by Gasteiger charge is -2.15. The number of furan rings is 1. The van der Waals surface area contributed by atoms with Crippen molar-refractivity contribution >= 4 is 18.0 Å². The highest BCUT2D eigenvalue weighted by molar-refractivity contribution is 5.89. The quantitative estimate of drug-likeness (QED) is 0.653. The molecule has 0 saturated heterocycles. The van der Waals surface area contributed by atoms with Crippen LogP contribution < -0.4 is 5.32 Å². The number of rotatable bonds is 6. The fraction of sp³-hybridized carbons (Fsp3) is 0.263. The molecule has 1 atom stereocenters. The van der Waals surface area contributed by atoms with E-state index in [1.807, 2.05) is 39.0 Å². The van der Waals surface area contributed by atoms with Gasteiger partial charge in [-0.3, -0.25) is 4.79 Å². The fourth-order valence-electron chi connectivity index (χ4n) is 2.12. The second-order valence-corrected chi connectivity index (χ2v) is 5.59. The van der Waals surface area contributed by atoms with E-state index in [1.54, 1.807) is 12.1 Å². The van der Waals surface area contributed by atoms with Crippen molar-refractivity contribution in [3.63, 3.8) is 0 Å². The first-order valence-electron chi connectivity index (χ1n) is 7.70. The summed E-state index contributed by atoms with van der Waals surface area (Å²) in [7, 11) is 0. The fourth-order valence-corrected chi connectivity index (χ4v) is 2.12. The lowest BCUT2D eigenvalue weighted by Crippen LogP contribution is -2.31. The van der Waals surface area contributed by atoms with Gasteiger partial charge in [0.15, 0.2) is 6.61 Å². The van der Waals surface area contributed by atoms with Crippen LogP contribution in [0, 0.1) is 13.8 Å². The van der Waals surface area contributed by atoms with Gasteiger partial charge in [-0.2, -0.15) is 0 Å². The molecule has 0 bridgehead atoms.